The lowest BCUT2D eigenvalue weighted by atomic mass is 9.93. The number of non-ortho nitro benzene ring substituents is 1. The van der Waals surface area contributed by atoms with Gasteiger partial charge in [-0.05, 0) is 47.2 Å². The average Bonchev–Trinajstić information content (AvgIpc) is 3.37. The lowest BCUT2D eigenvalue weighted by Crippen LogP contribution is -2.53. The summed E-state index contributed by atoms with van der Waals surface area (Å²) in [6.45, 7) is 2.40. The lowest BCUT2D eigenvalue weighted by molar-refractivity contribution is -0.384. The molecule has 0 aliphatic carbocycles. The van der Waals surface area contributed by atoms with Gasteiger partial charge in [-0.15, -0.1) is 11.3 Å². The Hall–Kier alpha value is -3.63. The van der Waals surface area contributed by atoms with E-state index in [9.17, 15) is 24.1 Å². The zero-order chi connectivity index (χ0) is 25.2. The minimum absolute atomic E-state index is 0.0301. The van der Waals surface area contributed by atoms with Crippen LogP contribution in [0.25, 0.3) is 0 Å². The number of benzene rings is 2. The second-order valence-corrected chi connectivity index (χ2v) is 9.96. The highest BCUT2D eigenvalue weighted by Crippen LogP contribution is 2.37. The summed E-state index contributed by atoms with van der Waals surface area (Å²) < 4.78 is 14.0. The second kappa shape index (κ2) is 10.2. The first-order valence-corrected chi connectivity index (χ1v) is 12.7. The number of carbonyl (C=O) groups excluding carboxylic acids is 2. The fourth-order valence-corrected chi connectivity index (χ4v) is 5.88. The third-order valence-corrected chi connectivity index (χ3v) is 7.79. The second-order valence-electron chi connectivity index (χ2n) is 8.96. The zero-order valence-corrected chi connectivity index (χ0v) is 20.3. The van der Waals surface area contributed by atoms with Crippen LogP contribution in [0.1, 0.15) is 32.4 Å². The quantitative estimate of drug-likeness (QED) is 0.387. The number of thiophene rings is 1. The predicted octanol–water partition coefficient (Wildman–Crippen LogP) is 3.73. The van der Waals surface area contributed by atoms with Crippen molar-refractivity contribution in [1.82, 2.24) is 14.7 Å². The van der Waals surface area contributed by atoms with Crippen LogP contribution < -0.4 is 0 Å². The molecule has 2 aliphatic heterocycles. The number of halogens is 1. The number of fused-ring (bicyclic) bond motifs is 1. The van der Waals surface area contributed by atoms with Crippen molar-refractivity contribution in [3.63, 3.8) is 0 Å². The molecule has 0 spiro atoms. The van der Waals surface area contributed by atoms with Gasteiger partial charge < -0.3 is 9.80 Å². The van der Waals surface area contributed by atoms with Crippen molar-refractivity contribution in [2.45, 2.75) is 12.5 Å². The molecule has 1 atom stereocenters. The molecule has 8 nitrogen and oxygen atoms in total. The number of nitro benzene ring substituents is 1. The van der Waals surface area contributed by atoms with E-state index < -0.39 is 4.92 Å². The molecular weight excluding hydrogens is 483 g/mol. The first-order valence-electron chi connectivity index (χ1n) is 11.8. The molecule has 0 N–H and O–H groups in total. The molecule has 0 radical (unpaired) electrons. The average molecular weight is 509 g/mol. The van der Waals surface area contributed by atoms with Crippen LogP contribution in [0.5, 0.6) is 0 Å². The van der Waals surface area contributed by atoms with E-state index in [4.69, 9.17) is 0 Å². The Morgan fingerprint density at radius 2 is 1.75 bits per heavy atom. The third-order valence-electron chi connectivity index (χ3n) is 6.79. The number of amides is 2. The van der Waals surface area contributed by atoms with Gasteiger partial charge in [0.15, 0.2) is 0 Å². The first kappa shape index (κ1) is 24.1. The normalized spacial score (nSPS) is 18.1. The Balaban J connectivity index is 1.24. The highest BCUT2D eigenvalue weighted by Gasteiger charge is 2.33. The molecule has 10 heteroatoms. The molecule has 1 aromatic heterocycles. The van der Waals surface area contributed by atoms with Crippen molar-refractivity contribution in [3.8, 4) is 0 Å². The van der Waals surface area contributed by atoms with E-state index in [2.05, 4.69) is 11.0 Å². The van der Waals surface area contributed by atoms with Gasteiger partial charge in [0.1, 0.15) is 5.82 Å². The molecular formula is C26H25FN4O4S. The Morgan fingerprint density at radius 1 is 1.00 bits per heavy atom. The molecule has 1 fully saturated rings. The monoisotopic (exact) mass is 508 g/mol. The maximum absolute atomic E-state index is 14.0. The van der Waals surface area contributed by atoms with Gasteiger partial charge in [-0.1, -0.05) is 18.2 Å². The number of carbonyl (C=O) groups is 2. The Morgan fingerprint density at radius 3 is 2.50 bits per heavy atom. The molecule has 36 heavy (non-hydrogen) atoms. The van der Waals surface area contributed by atoms with Gasteiger partial charge >= 0.3 is 0 Å². The van der Waals surface area contributed by atoms with E-state index in [1.54, 1.807) is 33.3 Å². The minimum Gasteiger partial charge on any atom is -0.338 e. The molecule has 3 aromatic rings. The molecule has 2 aromatic carbocycles. The Labute approximate surface area is 211 Å². The van der Waals surface area contributed by atoms with Crippen LogP contribution in [0.15, 0.2) is 60.0 Å². The van der Waals surface area contributed by atoms with Gasteiger partial charge in [-0.2, -0.15) is 0 Å². The fourth-order valence-electron chi connectivity index (χ4n) is 4.97. The van der Waals surface area contributed by atoms with Crippen LogP contribution in [0.4, 0.5) is 10.1 Å². The number of piperazine rings is 1. The SMILES string of the molecule is O=C(CN1CCc2sccc2[C@@H]1c1cccc(F)c1)N1CCN(C(=O)c2cccc([N+](=O)[O-])c2)CC1. The number of hydrogen-bond acceptors (Lipinski definition) is 6. The smallest absolute Gasteiger partial charge is 0.270 e. The highest BCUT2D eigenvalue weighted by atomic mass is 32.1. The number of hydrogen-bond donors (Lipinski definition) is 0. The largest absolute Gasteiger partial charge is 0.338 e. The Bertz CT molecular complexity index is 1300. The summed E-state index contributed by atoms with van der Waals surface area (Å²) in [5.74, 6) is -0.610. The van der Waals surface area contributed by atoms with Crippen molar-refractivity contribution in [2.75, 3.05) is 39.3 Å². The predicted molar refractivity (Wildman–Crippen MR) is 133 cm³/mol. The number of nitrogens with zero attached hydrogens (tertiary/aromatic N) is 4. The topological polar surface area (TPSA) is 87.0 Å². The van der Waals surface area contributed by atoms with E-state index in [0.717, 1.165) is 17.5 Å². The lowest BCUT2D eigenvalue weighted by Gasteiger charge is -2.39. The maximum atomic E-state index is 14.0. The summed E-state index contributed by atoms with van der Waals surface area (Å²) in [5.41, 5.74) is 2.09. The Kier molecular flexibility index (Phi) is 6.80. The van der Waals surface area contributed by atoms with E-state index in [1.165, 1.54) is 35.2 Å². The van der Waals surface area contributed by atoms with Crippen LogP contribution in [-0.2, 0) is 11.2 Å². The van der Waals surface area contributed by atoms with Gasteiger partial charge in [-0.25, -0.2) is 4.39 Å². The van der Waals surface area contributed by atoms with E-state index in [-0.39, 0.29) is 41.5 Å². The zero-order valence-electron chi connectivity index (χ0n) is 19.5. The molecule has 0 unspecified atom stereocenters. The highest BCUT2D eigenvalue weighted by molar-refractivity contribution is 7.10. The summed E-state index contributed by atoms with van der Waals surface area (Å²) in [4.78, 5) is 43.4. The summed E-state index contributed by atoms with van der Waals surface area (Å²) >= 11 is 1.69. The standard InChI is InChI=1S/C26H25FN4O4S/c27-20-5-1-3-18(15-20)25-22-8-14-36-23(22)7-9-30(25)17-24(32)28-10-12-29(13-11-28)26(33)19-4-2-6-21(16-19)31(34)35/h1-6,8,14-16,25H,7,9-13,17H2/t25-/m0/s1. The van der Waals surface area contributed by atoms with Crippen molar-refractivity contribution in [1.29, 1.82) is 0 Å². The molecule has 2 amide bonds. The van der Waals surface area contributed by atoms with Gasteiger partial charge in [0.25, 0.3) is 11.6 Å². The molecule has 3 heterocycles. The summed E-state index contributed by atoms with van der Waals surface area (Å²) in [6.07, 6.45) is 0.845. The van der Waals surface area contributed by atoms with E-state index in [1.807, 2.05) is 11.4 Å². The summed E-state index contributed by atoms with van der Waals surface area (Å²) in [6, 6.07) is 14.1. The first-order chi connectivity index (χ1) is 17.4. The van der Waals surface area contributed by atoms with Crippen molar-refractivity contribution < 1.29 is 18.9 Å². The van der Waals surface area contributed by atoms with Crippen molar-refractivity contribution in [3.05, 3.63) is 97.5 Å². The van der Waals surface area contributed by atoms with E-state index in [0.29, 0.717) is 32.7 Å². The van der Waals surface area contributed by atoms with Crippen LogP contribution in [-0.4, -0.2) is 70.7 Å². The van der Waals surface area contributed by atoms with Crippen LogP contribution in [0.3, 0.4) is 0 Å². The third kappa shape index (κ3) is 4.87. The van der Waals surface area contributed by atoms with Crippen LogP contribution in [0.2, 0.25) is 0 Å². The summed E-state index contributed by atoms with van der Waals surface area (Å²) in [5, 5.41) is 13.1. The molecule has 0 saturated carbocycles. The fraction of sp³-hybridized carbons (Fsp3) is 0.308. The van der Waals surface area contributed by atoms with E-state index >= 15 is 0 Å². The number of rotatable bonds is 5. The molecule has 186 valence electrons. The molecule has 1 saturated heterocycles. The molecule has 0 bridgehead atoms. The van der Waals surface area contributed by atoms with Crippen molar-refractivity contribution >= 4 is 28.8 Å². The van der Waals surface area contributed by atoms with Crippen LogP contribution >= 0.6 is 11.3 Å². The van der Waals surface area contributed by atoms with Gasteiger partial charge in [0.2, 0.25) is 5.91 Å². The van der Waals surface area contributed by atoms with Gasteiger partial charge in [-0.3, -0.25) is 24.6 Å². The van der Waals surface area contributed by atoms with Gasteiger partial charge in [0.05, 0.1) is 17.5 Å². The van der Waals surface area contributed by atoms with Crippen molar-refractivity contribution in [2.24, 2.45) is 0 Å². The number of nitro groups is 1. The van der Waals surface area contributed by atoms with Crippen LogP contribution in [0, 0.1) is 15.9 Å². The molecule has 5 rings (SSSR count). The minimum atomic E-state index is -0.524. The van der Waals surface area contributed by atoms with Gasteiger partial charge in [0, 0.05) is 55.3 Å². The molecule has 2 aliphatic rings. The summed E-state index contributed by atoms with van der Waals surface area (Å²) in [7, 11) is 0. The maximum Gasteiger partial charge on any atom is 0.270 e.